The molecule has 24 heavy (non-hydrogen) atoms. The summed E-state index contributed by atoms with van der Waals surface area (Å²) in [5.74, 6) is 1.81. The topological polar surface area (TPSA) is 42.2 Å². The number of nitrogens with zero attached hydrogens (tertiary/aromatic N) is 1. The molecule has 1 unspecified atom stereocenters. The van der Waals surface area contributed by atoms with E-state index in [1.807, 2.05) is 37.3 Å². The molecule has 0 bridgehead atoms. The molecule has 2 rings (SSSR count). The number of rotatable bonds is 7. The number of hydrogen-bond donors (Lipinski definition) is 0. The Bertz CT molecular complexity index is 699. The highest BCUT2D eigenvalue weighted by Gasteiger charge is 2.18. The monoisotopic (exact) mass is 323 g/mol. The lowest BCUT2D eigenvalue weighted by atomic mass is 9.89. The first-order valence-electron chi connectivity index (χ1n) is 8.38. The van der Waals surface area contributed by atoms with Gasteiger partial charge in [-0.05, 0) is 48.6 Å². The summed E-state index contributed by atoms with van der Waals surface area (Å²) in [6, 6.07) is 16.5. The molecule has 2 aromatic carbocycles. The van der Waals surface area contributed by atoms with Gasteiger partial charge in [-0.2, -0.15) is 5.26 Å². The van der Waals surface area contributed by atoms with Gasteiger partial charge in [-0.1, -0.05) is 38.1 Å². The Hall–Kier alpha value is -2.47. The third-order valence-electron chi connectivity index (χ3n) is 4.13. The molecule has 0 N–H and O–H groups in total. The van der Waals surface area contributed by atoms with Crippen LogP contribution in [0.2, 0.25) is 0 Å². The third kappa shape index (κ3) is 4.29. The Balaban J connectivity index is 2.27. The van der Waals surface area contributed by atoms with Crippen molar-refractivity contribution in [2.24, 2.45) is 0 Å². The van der Waals surface area contributed by atoms with E-state index in [-0.39, 0.29) is 5.92 Å². The fourth-order valence-corrected chi connectivity index (χ4v) is 2.73. The Morgan fingerprint density at radius 3 is 2.33 bits per heavy atom. The summed E-state index contributed by atoms with van der Waals surface area (Å²) in [5, 5.41) is 9.70. The first-order chi connectivity index (χ1) is 11.6. The first-order valence-corrected chi connectivity index (χ1v) is 8.38. The van der Waals surface area contributed by atoms with Crippen molar-refractivity contribution in [3.63, 3.8) is 0 Å². The van der Waals surface area contributed by atoms with Gasteiger partial charge in [-0.3, -0.25) is 0 Å². The van der Waals surface area contributed by atoms with E-state index < -0.39 is 0 Å². The number of nitriles is 1. The zero-order chi connectivity index (χ0) is 17.5. The van der Waals surface area contributed by atoms with Crippen LogP contribution in [0.5, 0.6) is 11.5 Å². The second-order valence-electron chi connectivity index (χ2n) is 6.12. The van der Waals surface area contributed by atoms with Crippen LogP contribution in [0, 0.1) is 11.3 Å². The van der Waals surface area contributed by atoms with Crippen molar-refractivity contribution in [2.75, 3.05) is 13.7 Å². The van der Waals surface area contributed by atoms with E-state index >= 15 is 0 Å². The second-order valence-corrected chi connectivity index (χ2v) is 6.12. The quantitative estimate of drug-likeness (QED) is 0.714. The molecule has 0 fully saturated rings. The van der Waals surface area contributed by atoms with Crippen LogP contribution in [0.1, 0.15) is 49.3 Å². The van der Waals surface area contributed by atoms with Gasteiger partial charge >= 0.3 is 0 Å². The molecule has 0 aromatic heterocycles. The second kappa shape index (κ2) is 8.40. The molecule has 2 aromatic rings. The van der Waals surface area contributed by atoms with Crippen molar-refractivity contribution in [2.45, 2.75) is 39.0 Å². The van der Waals surface area contributed by atoms with Crippen molar-refractivity contribution in [3.05, 3.63) is 59.2 Å². The maximum atomic E-state index is 9.70. The first kappa shape index (κ1) is 17.9. The van der Waals surface area contributed by atoms with Gasteiger partial charge in [-0.15, -0.1) is 0 Å². The molecule has 0 heterocycles. The number of methoxy groups -OCH3 is 1. The van der Waals surface area contributed by atoms with Gasteiger partial charge in [0.25, 0.3) is 0 Å². The molecule has 0 radical (unpaired) electrons. The van der Waals surface area contributed by atoms with Gasteiger partial charge in [0, 0.05) is 5.56 Å². The number of hydrogen-bond acceptors (Lipinski definition) is 3. The van der Waals surface area contributed by atoms with Crippen molar-refractivity contribution in [3.8, 4) is 17.6 Å². The van der Waals surface area contributed by atoms with Gasteiger partial charge < -0.3 is 9.47 Å². The van der Waals surface area contributed by atoms with Gasteiger partial charge in [-0.25, -0.2) is 0 Å². The molecule has 0 saturated carbocycles. The molecule has 0 aliphatic carbocycles. The Morgan fingerprint density at radius 2 is 1.79 bits per heavy atom. The maximum Gasteiger partial charge on any atom is 0.123 e. The SMILES string of the molecule is CCOc1ccc(CC(C#N)c2cc(C(C)C)ccc2OC)cc1. The summed E-state index contributed by atoms with van der Waals surface area (Å²) in [6.45, 7) is 6.92. The maximum absolute atomic E-state index is 9.70. The fourth-order valence-electron chi connectivity index (χ4n) is 2.73. The molecule has 1 atom stereocenters. The highest BCUT2D eigenvalue weighted by molar-refractivity contribution is 5.44. The van der Waals surface area contributed by atoms with Gasteiger partial charge in [0.15, 0.2) is 0 Å². The predicted molar refractivity (Wildman–Crippen MR) is 96.8 cm³/mol. The van der Waals surface area contributed by atoms with Gasteiger partial charge in [0.1, 0.15) is 11.5 Å². The van der Waals surface area contributed by atoms with Gasteiger partial charge in [0.2, 0.25) is 0 Å². The molecule has 0 aliphatic heterocycles. The molecule has 3 nitrogen and oxygen atoms in total. The van der Waals surface area contributed by atoms with Crippen LogP contribution in [0.3, 0.4) is 0 Å². The van der Waals surface area contributed by atoms with Crippen molar-refractivity contribution in [1.29, 1.82) is 5.26 Å². The lowest BCUT2D eigenvalue weighted by molar-refractivity contribution is 0.340. The molecule has 0 spiro atoms. The molecule has 126 valence electrons. The molecule has 0 aliphatic rings. The van der Waals surface area contributed by atoms with Gasteiger partial charge in [0.05, 0.1) is 25.7 Å². The van der Waals surface area contributed by atoms with Crippen LogP contribution in [0.25, 0.3) is 0 Å². The summed E-state index contributed by atoms with van der Waals surface area (Å²) < 4.78 is 11.0. The summed E-state index contributed by atoms with van der Waals surface area (Å²) >= 11 is 0. The fraction of sp³-hybridized carbons (Fsp3) is 0.381. The van der Waals surface area contributed by atoms with Crippen LogP contribution in [0.4, 0.5) is 0 Å². The van der Waals surface area contributed by atoms with Crippen LogP contribution >= 0.6 is 0 Å². The Labute approximate surface area is 144 Å². The largest absolute Gasteiger partial charge is 0.496 e. The van der Waals surface area contributed by atoms with Crippen LogP contribution in [-0.2, 0) is 6.42 Å². The van der Waals surface area contributed by atoms with E-state index in [9.17, 15) is 5.26 Å². The molecular formula is C21H25NO2. The van der Waals surface area contributed by atoms with Crippen molar-refractivity contribution < 1.29 is 9.47 Å². The molecule has 3 heteroatoms. The zero-order valence-electron chi connectivity index (χ0n) is 14.9. The van der Waals surface area contributed by atoms with Crippen molar-refractivity contribution in [1.82, 2.24) is 0 Å². The summed E-state index contributed by atoms with van der Waals surface area (Å²) in [6.07, 6.45) is 0.654. The van der Waals surface area contributed by atoms with Crippen LogP contribution < -0.4 is 9.47 Å². The van der Waals surface area contributed by atoms with Crippen LogP contribution in [0.15, 0.2) is 42.5 Å². The van der Waals surface area contributed by atoms with Crippen molar-refractivity contribution >= 4 is 0 Å². The summed E-state index contributed by atoms with van der Waals surface area (Å²) in [4.78, 5) is 0. The van der Waals surface area contributed by atoms with Crippen LogP contribution in [-0.4, -0.2) is 13.7 Å². The standard InChI is InChI=1S/C21H25NO2/c1-5-24-19-9-6-16(7-10-19)12-18(14-22)20-13-17(15(2)3)8-11-21(20)23-4/h6-11,13,15,18H,5,12H2,1-4H3. The highest BCUT2D eigenvalue weighted by atomic mass is 16.5. The summed E-state index contributed by atoms with van der Waals surface area (Å²) in [5.41, 5.74) is 3.29. The minimum atomic E-state index is -0.239. The van der Waals surface area contributed by atoms with E-state index in [0.717, 1.165) is 22.6 Å². The molecule has 0 saturated heterocycles. The van der Waals surface area contributed by atoms with E-state index in [2.05, 4.69) is 32.0 Å². The summed E-state index contributed by atoms with van der Waals surface area (Å²) in [7, 11) is 1.65. The van der Waals surface area contributed by atoms with E-state index in [0.29, 0.717) is 18.9 Å². The average molecular weight is 323 g/mol. The molecule has 0 amide bonds. The smallest absolute Gasteiger partial charge is 0.123 e. The van der Waals surface area contributed by atoms with E-state index in [1.54, 1.807) is 7.11 Å². The minimum absolute atomic E-state index is 0.239. The normalized spacial score (nSPS) is 11.8. The average Bonchev–Trinajstić information content (AvgIpc) is 2.60. The van der Waals surface area contributed by atoms with E-state index in [1.165, 1.54) is 5.56 Å². The van der Waals surface area contributed by atoms with E-state index in [4.69, 9.17) is 9.47 Å². The predicted octanol–water partition coefficient (Wildman–Crippen LogP) is 5.07. The number of ether oxygens (including phenoxy) is 2. The lowest BCUT2D eigenvalue weighted by Crippen LogP contribution is -2.05. The minimum Gasteiger partial charge on any atom is -0.496 e. The number of benzene rings is 2. The Morgan fingerprint density at radius 1 is 1.08 bits per heavy atom. The third-order valence-corrected chi connectivity index (χ3v) is 4.13. The highest BCUT2D eigenvalue weighted by Crippen LogP contribution is 2.32. The zero-order valence-corrected chi connectivity index (χ0v) is 14.9. The Kier molecular flexibility index (Phi) is 6.26. The lowest BCUT2D eigenvalue weighted by Gasteiger charge is -2.17. The molecular weight excluding hydrogens is 298 g/mol.